The minimum Gasteiger partial charge on any atom is -0.394 e. The van der Waals surface area contributed by atoms with Gasteiger partial charge in [0.25, 0.3) is 0 Å². The molecule has 2 heterocycles. The number of rotatable bonds is 5. The lowest BCUT2D eigenvalue weighted by Crippen LogP contribution is -2.43. The monoisotopic (exact) mass is 422 g/mol. The van der Waals surface area contributed by atoms with E-state index in [4.69, 9.17) is 34.8 Å². The molecule has 0 saturated carbocycles. The van der Waals surface area contributed by atoms with E-state index in [1.54, 1.807) is 12.3 Å². The van der Waals surface area contributed by atoms with Gasteiger partial charge < -0.3 is 5.11 Å². The molecule has 2 aliphatic rings. The molecule has 0 spiro atoms. The van der Waals surface area contributed by atoms with Crippen LogP contribution in [-0.2, 0) is 12.8 Å². The number of hydrogen-bond acceptors (Lipinski definition) is 3. The summed E-state index contributed by atoms with van der Waals surface area (Å²) in [7, 11) is 0. The Morgan fingerprint density at radius 3 is 2.78 bits per heavy atom. The van der Waals surface area contributed by atoms with Gasteiger partial charge in [0.05, 0.1) is 28.4 Å². The molecule has 0 radical (unpaired) electrons. The Kier molecular flexibility index (Phi) is 5.77. The fraction of sp³-hybridized carbons (Fsp3) is 0.381. The van der Waals surface area contributed by atoms with E-state index in [0.29, 0.717) is 10.0 Å². The van der Waals surface area contributed by atoms with Crippen LogP contribution >= 0.6 is 34.8 Å². The van der Waals surface area contributed by atoms with E-state index in [9.17, 15) is 5.11 Å². The van der Waals surface area contributed by atoms with Crippen LogP contribution in [0.5, 0.6) is 0 Å². The van der Waals surface area contributed by atoms with Crippen LogP contribution in [0.25, 0.3) is 5.57 Å². The molecule has 1 N–H and O–H groups in total. The summed E-state index contributed by atoms with van der Waals surface area (Å²) in [5, 5.41) is 12.0. The van der Waals surface area contributed by atoms with Crippen LogP contribution in [0.15, 0.2) is 36.0 Å². The Hall–Kier alpha value is -1.10. The first-order chi connectivity index (χ1) is 13.1. The summed E-state index contributed by atoms with van der Waals surface area (Å²) in [4.78, 5) is 6.72. The second kappa shape index (κ2) is 8.10. The molecule has 2 aromatic rings. The Bertz CT molecular complexity index is 897. The summed E-state index contributed by atoms with van der Waals surface area (Å²) in [6, 6.07) is 7.95. The molecular formula is C21H21Cl3N2O. The Morgan fingerprint density at radius 2 is 2.00 bits per heavy atom. The Morgan fingerprint density at radius 1 is 1.15 bits per heavy atom. The molecule has 1 aliphatic heterocycles. The molecule has 142 valence electrons. The molecule has 0 saturated heterocycles. The van der Waals surface area contributed by atoms with E-state index < -0.39 is 0 Å². The van der Waals surface area contributed by atoms with Crippen molar-refractivity contribution in [3.8, 4) is 0 Å². The minimum atomic E-state index is 0.0774. The SMILES string of the molecule is OCC1C2=C(CCN1CCCc1ncc(Cl)cc1Cl)c1cc(Cl)ccc1C2. The predicted molar refractivity (Wildman–Crippen MR) is 112 cm³/mol. The van der Waals surface area contributed by atoms with Crippen molar-refractivity contribution in [2.24, 2.45) is 0 Å². The van der Waals surface area contributed by atoms with Gasteiger partial charge in [-0.15, -0.1) is 0 Å². The van der Waals surface area contributed by atoms with Gasteiger partial charge in [0.15, 0.2) is 0 Å². The molecule has 1 aromatic carbocycles. The van der Waals surface area contributed by atoms with Crippen molar-refractivity contribution < 1.29 is 5.11 Å². The first kappa shape index (κ1) is 19.2. The van der Waals surface area contributed by atoms with E-state index in [-0.39, 0.29) is 12.6 Å². The van der Waals surface area contributed by atoms with Crippen molar-refractivity contribution >= 4 is 40.4 Å². The van der Waals surface area contributed by atoms with Crippen molar-refractivity contribution in [2.45, 2.75) is 31.7 Å². The highest BCUT2D eigenvalue weighted by atomic mass is 35.5. The molecule has 6 heteroatoms. The third-order valence-corrected chi connectivity index (χ3v) is 6.34. The van der Waals surface area contributed by atoms with Gasteiger partial charge in [-0.25, -0.2) is 0 Å². The summed E-state index contributed by atoms with van der Waals surface area (Å²) >= 11 is 18.3. The van der Waals surface area contributed by atoms with E-state index in [1.807, 2.05) is 6.07 Å². The van der Waals surface area contributed by atoms with Crippen LogP contribution in [0.1, 0.15) is 29.7 Å². The third kappa shape index (κ3) is 3.90. The number of hydrogen-bond donors (Lipinski definition) is 1. The van der Waals surface area contributed by atoms with Crippen LogP contribution < -0.4 is 0 Å². The van der Waals surface area contributed by atoms with Gasteiger partial charge in [0, 0.05) is 17.8 Å². The number of halogens is 3. The van der Waals surface area contributed by atoms with Gasteiger partial charge in [-0.3, -0.25) is 9.88 Å². The fourth-order valence-electron chi connectivity index (χ4n) is 4.28. The molecule has 0 fully saturated rings. The molecule has 1 aliphatic carbocycles. The topological polar surface area (TPSA) is 36.4 Å². The molecule has 1 aromatic heterocycles. The van der Waals surface area contributed by atoms with Crippen LogP contribution in [0.2, 0.25) is 15.1 Å². The molecule has 3 nitrogen and oxygen atoms in total. The smallest absolute Gasteiger partial charge is 0.0636 e. The highest BCUT2D eigenvalue weighted by Crippen LogP contribution is 2.41. The van der Waals surface area contributed by atoms with Gasteiger partial charge in [0.1, 0.15) is 0 Å². The number of aliphatic hydroxyl groups excluding tert-OH is 1. The quantitative estimate of drug-likeness (QED) is 0.731. The molecule has 27 heavy (non-hydrogen) atoms. The summed E-state index contributed by atoms with van der Waals surface area (Å²) in [5.74, 6) is 0. The van der Waals surface area contributed by atoms with Gasteiger partial charge in [-0.05, 0) is 72.7 Å². The van der Waals surface area contributed by atoms with Crippen LogP contribution in [0.4, 0.5) is 0 Å². The lowest BCUT2D eigenvalue weighted by Gasteiger charge is -2.36. The van der Waals surface area contributed by atoms with E-state index in [2.05, 4.69) is 22.0 Å². The van der Waals surface area contributed by atoms with Crippen LogP contribution in [-0.4, -0.2) is 40.7 Å². The maximum atomic E-state index is 10.1. The number of benzene rings is 1. The van der Waals surface area contributed by atoms with Gasteiger partial charge in [-0.1, -0.05) is 40.9 Å². The number of aromatic nitrogens is 1. The highest BCUT2D eigenvalue weighted by molar-refractivity contribution is 6.34. The number of aliphatic hydroxyl groups is 1. The summed E-state index contributed by atoms with van der Waals surface area (Å²) in [6.07, 6.45) is 5.28. The number of pyridine rings is 1. The van der Waals surface area contributed by atoms with Crippen molar-refractivity contribution in [2.75, 3.05) is 19.7 Å². The standard InChI is InChI=1S/C21H21Cl3N2O/c22-14-4-3-13-8-18-16(17(13)9-14)5-7-26(21(18)12-27)6-1-2-20-19(24)10-15(23)11-25-20/h3-4,9-11,21,27H,1-2,5-8,12H2. The zero-order valence-corrected chi connectivity index (χ0v) is 17.2. The number of fused-ring (bicyclic) bond motifs is 2. The van der Waals surface area contributed by atoms with Crippen molar-refractivity contribution in [1.82, 2.24) is 9.88 Å². The van der Waals surface area contributed by atoms with E-state index in [0.717, 1.165) is 49.5 Å². The van der Waals surface area contributed by atoms with Crippen molar-refractivity contribution in [3.63, 3.8) is 0 Å². The predicted octanol–water partition coefficient (Wildman–Crippen LogP) is 5.05. The summed E-state index contributed by atoms with van der Waals surface area (Å²) < 4.78 is 0. The zero-order valence-electron chi connectivity index (χ0n) is 14.9. The number of aryl methyl sites for hydroxylation is 1. The second-order valence-electron chi connectivity index (χ2n) is 7.15. The summed E-state index contributed by atoms with van der Waals surface area (Å²) in [6.45, 7) is 1.98. The maximum Gasteiger partial charge on any atom is 0.0636 e. The molecule has 0 bridgehead atoms. The first-order valence-corrected chi connectivity index (χ1v) is 10.4. The van der Waals surface area contributed by atoms with Gasteiger partial charge in [-0.2, -0.15) is 0 Å². The molecule has 0 amide bonds. The average molecular weight is 424 g/mol. The second-order valence-corrected chi connectivity index (χ2v) is 8.43. The maximum absolute atomic E-state index is 10.1. The largest absolute Gasteiger partial charge is 0.394 e. The average Bonchev–Trinajstić information content (AvgIpc) is 3.01. The molecule has 4 rings (SSSR count). The molecule has 1 unspecified atom stereocenters. The third-order valence-electron chi connectivity index (χ3n) is 5.57. The van der Waals surface area contributed by atoms with Crippen molar-refractivity contribution in [1.29, 1.82) is 0 Å². The highest BCUT2D eigenvalue weighted by Gasteiger charge is 2.33. The lowest BCUT2D eigenvalue weighted by molar-refractivity contribution is 0.138. The summed E-state index contributed by atoms with van der Waals surface area (Å²) in [5.41, 5.74) is 6.20. The van der Waals surface area contributed by atoms with Crippen LogP contribution in [0.3, 0.4) is 0 Å². The number of nitrogens with zero attached hydrogens (tertiary/aromatic N) is 2. The van der Waals surface area contributed by atoms with E-state index in [1.165, 1.54) is 22.3 Å². The zero-order chi connectivity index (χ0) is 19.0. The lowest BCUT2D eigenvalue weighted by atomic mass is 9.93. The Balaban J connectivity index is 1.44. The first-order valence-electron chi connectivity index (χ1n) is 9.22. The minimum absolute atomic E-state index is 0.0774. The van der Waals surface area contributed by atoms with Gasteiger partial charge >= 0.3 is 0 Å². The van der Waals surface area contributed by atoms with Crippen LogP contribution in [0, 0.1) is 0 Å². The van der Waals surface area contributed by atoms with Crippen molar-refractivity contribution in [3.05, 3.63) is 67.9 Å². The molecule has 1 atom stereocenters. The molecular weight excluding hydrogens is 403 g/mol. The normalized spacial score (nSPS) is 19.3. The fourth-order valence-corrected chi connectivity index (χ4v) is 4.93. The van der Waals surface area contributed by atoms with E-state index >= 15 is 0 Å². The Labute approximate surface area is 174 Å². The van der Waals surface area contributed by atoms with Gasteiger partial charge in [0.2, 0.25) is 0 Å².